The molecule has 3 rings (SSSR count). The summed E-state index contributed by atoms with van der Waals surface area (Å²) in [6.07, 6.45) is 4.01. The van der Waals surface area contributed by atoms with Gasteiger partial charge in [0.15, 0.2) is 0 Å². The quantitative estimate of drug-likeness (QED) is 0.834. The van der Waals surface area contributed by atoms with Crippen LogP contribution in [0.5, 0.6) is 0 Å². The van der Waals surface area contributed by atoms with Crippen LogP contribution >= 0.6 is 0 Å². The first-order valence-electron chi connectivity index (χ1n) is 8.73. The highest BCUT2D eigenvalue weighted by Gasteiger charge is 2.23. The lowest BCUT2D eigenvalue weighted by molar-refractivity contribution is 0.203. The molecule has 0 aliphatic carbocycles. The highest BCUT2D eigenvalue weighted by Crippen LogP contribution is 2.22. The fourth-order valence-corrected chi connectivity index (χ4v) is 3.25. The molecule has 5 nitrogen and oxygen atoms in total. The zero-order valence-corrected chi connectivity index (χ0v) is 15.2. The molecule has 0 N–H and O–H groups in total. The number of hydrogen-bond donors (Lipinski definition) is 0. The fourth-order valence-electron chi connectivity index (χ4n) is 3.25. The summed E-state index contributed by atoms with van der Waals surface area (Å²) in [5, 5.41) is 0. The van der Waals surface area contributed by atoms with Gasteiger partial charge < -0.3 is 9.80 Å². The molecule has 1 aliphatic heterocycles. The van der Waals surface area contributed by atoms with Gasteiger partial charge in [-0.1, -0.05) is 12.1 Å². The number of rotatable bonds is 5. The Labute approximate surface area is 149 Å². The summed E-state index contributed by atoms with van der Waals surface area (Å²) < 4.78 is 13.0. The Hall–Kier alpha value is -2.21. The van der Waals surface area contributed by atoms with E-state index in [0.717, 1.165) is 44.2 Å². The Morgan fingerprint density at radius 2 is 1.76 bits per heavy atom. The largest absolute Gasteiger partial charge is 0.356 e. The van der Waals surface area contributed by atoms with Crippen molar-refractivity contribution in [2.75, 3.05) is 44.0 Å². The third-order valence-electron chi connectivity index (χ3n) is 4.81. The molecule has 0 atom stereocenters. The molecule has 1 fully saturated rings. The smallest absolute Gasteiger partial charge is 0.226 e. The molecule has 1 saturated heterocycles. The Bertz CT molecular complexity index is 680. The summed E-state index contributed by atoms with van der Waals surface area (Å²) in [7, 11) is 6.02. The second kappa shape index (κ2) is 7.78. The molecule has 0 saturated carbocycles. The highest BCUT2D eigenvalue weighted by molar-refractivity contribution is 5.43. The zero-order valence-electron chi connectivity index (χ0n) is 15.2. The summed E-state index contributed by atoms with van der Waals surface area (Å²) in [6, 6.07) is 9.27. The van der Waals surface area contributed by atoms with E-state index in [9.17, 15) is 4.39 Å². The predicted octanol–water partition coefficient (Wildman–Crippen LogP) is 2.78. The van der Waals surface area contributed by atoms with Crippen molar-refractivity contribution in [1.82, 2.24) is 14.9 Å². The third-order valence-corrected chi connectivity index (χ3v) is 4.81. The second-order valence-corrected chi connectivity index (χ2v) is 6.85. The van der Waals surface area contributed by atoms with Gasteiger partial charge in [0.25, 0.3) is 0 Å². The Morgan fingerprint density at radius 3 is 2.40 bits per heavy atom. The number of likely N-dealkylation sites (tertiary alicyclic amines) is 1. The lowest BCUT2D eigenvalue weighted by Crippen LogP contribution is -2.43. The van der Waals surface area contributed by atoms with E-state index >= 15 is 0 Å². The maximum absolute atomic E-state index is 13.0. The average Bonchev–Trinajstić information content (AvgIpc) is 2.64. The lowest BCUT2D eigenvalue weighted by Gasteiger charge is -2.37. The van der Waals surface area contributed by atoms with Crippen molar-refractivity contribution < 1.29 is 4.39 Å². The monoisotopic (exact) mass is 343 g/mol. The van der Waals surface area contributed by atoms with Crippen molar-refractivity contribution in [2.45, 2.75) is 25.4 Å². The molecule has 0 radical (unpaired) electrons. The molecule has 0 bridgehead atoms. The summed E-state index contributed by atoms with van der Waals surface area (Å²) in [5.74, 6) is 1.53. The van der Waals surface area contributed by atoms with Gasteiger partial charge in [0.05, 0.1) is 0 Å². The Morgan fingerprint density at radius 1 is 1.08 bits per heavy atom. The van der Waals surface area contributed by atoms with Crippen molar-refractivity contribution in [3.63, 3.8) is 0 Å². The first kappa shape index (κ1) is 17.6. The van der Waals surface area contributed by atoms with E-state index in [1.54, 1.807) is 0 Å². The molecule has 2 aromatic rings. The highest BCUT2D eigenvalue weighted by atomic mass is 19.1. The van der Waals surface area contributed by atoms with Crippen LogP contribution in [0.3, 0.4) is 0 Å². The van der Waals surface area contributed by atoms with Gasteiger partial charge in [-0.3, -0.25) is 4.90 Å². The van der Waals surface area contributed by atoms with Gasteiger partial charge in [-0.05, 0) is 36.6 Å². The van der Waals surface area contributed by atoms with Crippen LogP contribution in [0, 0.1) is 5.82 Å². The molecule has 134 valence electrons. The summed E-state index contributed by atoms with van der Waals surface area (Å²) in [4.78, 5) is 15.5. The molecule has 1 aromatic carbocycles. The topological polar surface area (TPSA) is 35.5 Å². The van der Waals surface area contributed by atoms with Crippen molar-refractivity contribution >= 4 is 11.8 Å². The average molecular weight is 343 g/mol. The summed E-state index contributed by atoms with van der Waals surface area (Å²) >= 11 is 0. The van der Waals surface area contributed by atoms with E-state index in [-0.39, 0.29) is 5.82 Å². The van der Waals surface area contributed by atoms with E-state index in [1.165, 1.54) is 17.7 Å². The molecule has 6 heteroatoms. The molecular weight excluding hydrogens is 317 g/mol. The zero-order chi connectivity index (χ0) is 17.8. The van der Waals surface area contributed by atoms with E-state index in [1.807, 2.05) is 43.4 Å². The number of nitrogens with zero attached hydrogens (tertiary/aromatic N) is 5. The minimum absolute atomic E-state index is 0.175. The molecular formula is C19H26FN5. The number of aromatic nitrogens is 2. The fraction of sp³-hybridized carbons (Fsp3) is 0.474. The van der Waals surface area contributed by atoms with Crippen LogP contribution in [0.2, 0.25) is 0 Å². The minimum Gasteiger partial charge on any atom is -0.356 e. The maximum Gasteiger partial charge on any atom is 0.226 e. The van der Waals surface area contributed by atoms with Crippen LogP contribution in [-0.4, -0.2) is 55.1 Å². The van der Waals surface area contributed by atoms with Gasteiger partial charge in [0, 0.05) is 53.0 Å². The number of piperidine rings is 1. The number of benzene rings is 1. The van der Waals surface area contributed by atoms with Gasteiger partial charge >= 0.3 is 0 Å². The van der Waals surface area contributed by atoms with Crippen LogP contribution in [-0.2, 0) is 6.54 Å². The van der Waals surface area contributed by atoms with Gasteiger partial charge in [-0.15, -0.1) is 0 Å². The predicted molar refractivity (Wildman–Crippen MR) is 99.5 cm³/mol. The van der Waals surface area contributed by atoms with Gasteiger partial charge in [0.1, 0.15) is 11.6 Å². The molecule has 2 heterocycles. The molecule has 0 amide bonds. The number of anilines is 2. The van der Waals surface area contributed by atoms with E-state index < -0.39 is 0 Å². The first-order valence-corrected chi connectivity index (χ1v) is 8.73. The standard InChI is InChI=1S/C19H26FN5/c1-23(2)19-21-11-8-18(22-19)24(3)17-9-12-25(13-10-17)14-15-4-6-16(20)7-5-15/h4-8,11,17H,9-10,12-14H2,1-3H3. The van der Waals surface area contributed by atoms with Crippen molar-refractivity contribution in [1.29, 1.82) is 0 Å². The van der Waals surface area contributed by atoms with Crippen molar-refractivity contribution in [2.24, 2.45) is 0 Å². The van der Waals surface area contributed by atoms with Crippen LogP contribution in [0.25, 0.3) is 0 Å². The van der Waals surface area contributed by atoms with E-state index in [4.69, 9.17) is 0 Å². The minimum atomic E-state index is -0.175. The normalized spacial score (nSPS) is 16.0. The number of hydrogen-bond acceptors (Lipinski definition) is 5. The Kier molecular flexibility index (Phi) is 5.48. The number of halogens is 1. The van der Waals surface area contributed by atoms with E-state index in [0.29, 0.717) is 6.04 Å². The molecule has 1 aromatic heterocycles. The third kappa shape index (κ3) is 4.45. The first-order chi connectivity index (χ1) is 12.0. The lowest BCUT2D eigenvalue weighted by atomic mass is 10.0. The Balaban J connectivity index is 1.56. The van der Waals surface area contributed by atoms with Gasteiger partial charge in [0.2, 0.25) is 5.95 Å². The van der Waals surface area contributed by atoms with Crippen LogP contribution in [0.4, 0.5) is 16.2 Å². The molecule has 0 unspecified atom stereocenters. The van der Waals surface area contributed by atoms with Crippen LogP contribution < -0.4 is 9.80 Å². The molecule has 0 spiro atoms. The van der Waals surface area contributed by atoms with Gasteiger partial charge in [-0.2, -0.15) is 4.98 Å². The van der Waals surface area contributed by atoms with Gasteiger partial charge in [-0.25, -0.2) is 9.37 Å². The van der Waals surface area contributed by atoms with Crippen LogP contribution in [0.15, 0.2) is 36.5 Å². The molecule has 1 aliphatic rings. The van der Waals surface area contributed by atoms with Crippen molar-refractivity contribution in [3.8, 4) is 0 Å². The SMILES string of the molecule is CN(C)c1nccc(N(C)C2CCN(Cc3ccc(F)cc3)CC2)n1. The summed E-state index contributed by atoms with van der Waals surface area (Å²) in [5.41, 5.74) is 1.17. The summed E-state index contributed by atoms with van der Waals surface area (Å²) in [6.45, 7) is 2.96. The van der Waals surface area contributed by atoms with Crippen molar-refractivity contribution in [3.05, 3.63) is 47.9 Å². The second-order valence-electron chi connectivity index (χ2n) is 6.85. The van der Waals surface area contributed by atoms with Crippen LogP contribution in [0.1, 0.15) is 18.4 Å². The van der Waals surface area contributed by atoms with E-state index in [2.05, 4.69) is 26.8 Å². The molecule has 25 heavy (non-hydrogen) atoms. The maximum atomic E-state index is 13.0.